The maximum Gasteiger partial charge on any atom is 0.414 e. The first-order valence-corrected chi connectivity index (χ1v) is 10.2. The molecule has 1 aromatic heterocycles. The Bertz CT molecular complexity index is 1130. The van der Waals surface area contributed by atoms with E-state index in [0.29, 0.717) is 30.1 Å². The fourth-order valence-electron chi connectivity index (χ4n) is 3.23. The summed E-state index contributed by atoms with van der Waals surface area (Å²) in [6.07, 6.45) is 2.61. The molecule has 10 heteroatoms. The monoisotopic (exact) mass is 477 g/mol. The number of aliphatic carboxylic acids is 2. The van der Waals surface area contributed by atoms with Gasteiger partial charge in [0.1, 0.15) is 19.0 Å². The first-order chi connectivity index (χ1) is 16.3. The van der Waals surface area contributed by atoms with E-state index in [2.05, 4.69) is 4.98 Å². The Hall–Kier alpha value is -3.95. The average molecular weight is 477 g/mol. The van der Waals surface area contributed by atoms with Crippen LogP contribution in [-0.4, -0.2) is 61.3 Å². The molecule has 0 radical (unpaired) electrons. The first-order valence-electron chi connectivity index (χ1n) is 10.2. The van der Waals surface area contributed by atoms with Gasteiger partial charge in [-0.05, 0) is 40.8 Å². The maximum atomic E-state index is 12.9. The minimum absolute atomic E-state index is 0.0392. The van der Waals surface area contributed by atoms with Crippen LogP contribution in [0.4, 0.5) is 8.78 Å². The molecular weight excluding hydrogens is 452 g/mol. The van der Waals surface area contributed by atoms with E-state index in [-0.39, 0.29) is 6.61 Å². The number of alkyl halides is 2. The number of ether oxygens (including phenoxy) is 3. The van der Waals surface area contributed by atoms with E-state index in [1.165, 1.54) is 0 Å². The standard InChI is InChI=1S/C22H23F2NO3.C2H2O4/c1-26-20-4-3-15(11-17(20)5-7-23)12-19-18-14-22(28-10-8-24)21(27-2)13-16(18)6-9-25-19;3-1(4)2(5)6/h3-4,6,9,11,13-14H,5,7-8,10,12H2,1-2H3;(H,3,4)(H,5,6). The van der Waals surface area contributed by atoms with Gasteiger partial charge in [-0.15, -0.1) is 0 Å². The second-order valence-electron chi connectivity index (χ2n) is 6.89. The maximum absolute atomic E-state index is 12.9. The number of aromatic nitrogens is 1. The van der Waals surface area contributed by atoms with E-state index in [1.807, 2.05) is 36.4 Å². The second-order valence-corrected chi connectivity index (χ2v) is 6.89. The van der Waals surface area contributed by atoms with Gasteiger partial charge in [-0.1, -0.05) is 12.1 Å². The van der Waals surface area contributed by atoms with Gasteiger partial charge in [0.2, 0.25) is 0 Å². The van der Waals surface area contributed by atoms with Gasteiger partial charge in [-0.2, -0.15) is 0 Å². The number of halogens is 2. The third-order valence-corrected chi connectivity index (χ3v) is 4.73. The van der Waals surface area contributed by atoms with Crippen LogP contribution in [0.15, 0.2) is 42.6 Å². The molecule has 3 aromatic rings. The van der Waals surface area contributed by atoms with E-state index in [0.717, 1.165) is 27.6 Å². The molecule has 2 N–H and O–H groups in total. The van der Waals surface area contributed by atoms with Crippen molar-refractivity contribution in [3.63, 3.8) is 0 Å². The van der Waals surface area contributed by atoms with Gasteiger partial charge in [-0.25, -0.2) is 14.0 Å². The number of methoxy groups -OCH3 is 2. The molecule has 0 aliphatic carbocycles. The highest BCUT2D eigenvalue weighted by Crippen LogP contribution is 2.34. The van der Waals surface area contributed by atoms with Gasteiger partial charge in [0.05, 0.1) is 26.6 Å². The Labute approximate surface area is 194 Å². The minimum atomic E-state index is -1.82. The number of hydrogen-bond acceptors (Lipinski definition) is 6. The van der Waals surface area contributed by atoms with Crippen LogP contribution in [0.5, 0.6) is 17.2 Å². The molecule has 0 saturated carbocycles. The SMILES string of the molecule is COc1ccc(Cc2nccc3cc(OC)c(OCCF)cc23)cc1CCF.O=C(O)C(=O)O. The quantitative estimate of drug-likeness (QED) is 0.447. The molecule has 34 heavy (non-hydrogen) atoms. The lowest BCUT2D eigenvalue weighted by molar-refractivity contribution is -0.159. The average Bonchev–Trinajstić information content (AvgIpc) is 2.83. The van der Waals surface area contributed by atoms with E-state index < -0.39 is 25.3 Å². The van der Waals surface area contributed by atoms with Crippen molar-refractivity contribution in [2.24, 2.45) is 0 Å². The zero-order valence-electron chi connectivity index (χ0n) is 18.7. The summed E-state index contributed by atoms with van der Waals surface area (Å²) < 4.78 is 41.6. The number of carboxylic acids is 2. The van der Waals surface area contributed by atoms with Crippen LogP contribution in [-0.2, 0) is 22.4 Å². The summed E-state index contributed by atoms with van der Waals surface area (Å²) in [7, 11) is 3.13. The molecule has 2 aromatic carbocycles. The first kappa shape index (κ1) is 26.3. The molecule has 0 spiro atoms. The van der Waals surface area contributed by atoms with Crippen LogP contribution in [0.3, 0.4) is 0 Å². The fraction of sp³-hybridized carbons (Fsp3) is 0.292. The van der Waals surface area contributed by atoms with Crippen molar-refractivity contribution in [1.29, 1.82) is 0 Å². The zero-order chi connectivity index (χ0) is 25.1. The highest BCUT2D eigenvalue weighted by molar-refractivity contribution is 6.27. The number of hydrogen-bond donors (Lipinski definition) is 2. The topological polar surface area (TPSA) is 115 Å². The Kier molecular flexibility index (Phi) is 10.0. The summed E-state index contributed by atoms with van der Waals surface area (Å²) in [6, 6.07) is 11.3. The van der Waals surface area contributed by atoms with Crippen LogP contribution < -0.4 is 14.2 Å². The third-order valence-electron chi connectivity index (χ3n) is 4.73. The van der Waals surface area contributed by atoms with Crippen LogP contribution >= 0.6 is 0 Å². The third kappa shape index (κ3) is 7.03. The number of benzene rings is 2. The van der Waals surface area contributed by atoms with Crippen LogP contribution in [0.1, 0.15) is 16.8 Å². The molecule has 0 atom stereocenters. The molecule has 0 fully saturated rings. The Morgan fingerprint density at radius 3 is 2.21 bits per heavy atom. The van der Waals surface area contributed by atoms with E-state index in [4.69, 9.17) is 34.0 Å². The van der Waals surface area contributed by atoms with Crippen molar-refractivity contribution in [2.45, 2.75) is 12.8 Å². The molecule has 0 unspecified atom stereocenters. The van der Waals surface area contributed by atoms with Crippen molar-refractivity contribution in [3.8, 4) is 17.2 Å². The molecule has 0 bridgehead atoms. The van der Waals surface area contributed by atoms with Crippen molar-refractivity contribution in [3.05, 3.63) is 59.4 Å². The summed E-state index contributed by atoms with van der Waals surface area (Å²) >= 11 is 0. The van der Waals surface area contributed by atoms with Gasteiger partial charge in [0.25, 0.3) is 0 Å². The summed E-state index contributed by atoms with van der Waals surface area (Å²) in [5, 5.41) is 16.6. The van der Waals surface area contributed by atoms with Gasteiger partial charge < -0.3 is 24.4 Å². The van der Waals surface area contributed by atoms with Gasteiger partial charge in [0.15, 0.2) is 11.5 Å². The largest absolute Gasteiger partial charge is 0.496 e. The molecule has 182 valence electrons. The minimum Gasteiger partial charge on any atom is -0.496 e. The van der Waals surface area contributed by atoms with Gasteiger partial charge in [0, 0.05) is 24.4 Å². The van der Waals surface area contributed by atoms with Crippen molar-refractivity contribution in [1.82, 2.24) is 4.98 Å². The van der Waals surface area contributed by atoms with Crippen LogP contribution in [0, 0.1) is 0 Å². The number of rotatable bonds is 9. The predicted molar refractivity (Wildman–Crippen MR) is 121 cm³/mol. The number of nitrogens with zero attached hydrogens (tertiary/aromatic N) is 1. The highest BCUT2D eigenvalue weighted by Gasteiger charge is 2.12. The van der Waals surface area contributed by atoms with Crippen LogP contribution in [0.25, 0.3) is 10.8 Å². The Balaban J connectivity index is 0.000000604. The van der Waals surface area contributed by atoms with E-state index in [1.54, 1.807) is 20.4 Å². The second kappa shape index (κ2) is 12.9. The number of carbonyl (C=O) groups is 2. The van der Waals surface area contributed by atoms with Gasteiger partial charge >= 0.3 is 11.9 Å². The molecule has 0 amide bonds. The molecular formula is C24H25F2NO7. The normalized spacial score (nSPS) is 10.2. The number of pyridine rings is 1. The molecule has 1 heterocycles. The Morgan fingerprint density at radius 2 is 1.62 bits per heavy atom. The number of fused-ring (bicyclic) bond motifs is 1. The summed E-state index contributed by atoms with van der Waals surface area (Å²) in [5.74, 6) is -1.94. The number of aryl methyl sites for hydroxylation is 1. The lowest BCUT2D eigenvalue weighted by Gasteiger charge is -2.14. The summed E-state index contributed by atoms with van der Waals surface area (Å²) in [6.45, 7) is -1.06. The predicted octanol–water partition coefficient (Wildman–Crippen LogP) is 3.86. The van der Waals surface area contributed by atoms with E-state index >= 15 is 0 Å². The zero-order valence-corrected chi connectivity index (χ0v) is 18.7. The molecule has 3 rings (SSSR count). The lowest BCUT2D eigenvalue weighted by Crippen LogP contribution is -2.09. The highest BCUT2D eigenvalue weighted by atomic mass is 19.1. The summed E-state index contributed by atoms with van der Waals surface area (Å²) in [4.78, 5) is 22.7. The Morgan fingerprint density at radius 1 is 0.912 bits per heavy atom. The van der Waals surface area contributed by atoms with Crippen molar-refractivity contribution in [2.75, 3.05) is 34.2 Å². The fourth-order valence-corrected chi connectivity index (χ4v) is 3.23. The molecule has 0 aliphatic rings. The van der Waals surface area contributed by atoms with Crippen LogP contribution in [0.2, 0.25) is 0 Å². The number of carboxylic acid groups (broad SMARTS) is 2. The molecule has 0 aliphatic heterocycles. The molecule has 0 saturated heterocycles. The van der Waals surface area contributed by atoms with Gasteiger partial charge in [-0.3, -0.25) is 9.37 Å². The van der Waals surface area contributed by atoms with Crippen molar-refractivity contribution < 1.29 is 42.8 Å². The lowest BCUT2D eigenvalue weighted by atomic mass is 10.0. The van der Waals surface area contributed by atoms with Crippen molar-refractivity contribution >= 4 is 22.7 Å². The van der Waals surface area contributed by atoms with E-state index in [9.17, 15) is 8.78 Å². The summed E-state index contributed by atoms with van der Waals surface area (Å²) in [5.41, 5.74) is 2.68. The molecule has 8 nitrogen and oxygen atoms in total. The smallest absolute Gasteiger partial charge is 0.414 e.